The summed E-state index contributed by atoms with van der Waals surface area (Å²) in [5.74, 6) is 0. The van der Waals surface area contributed by atoms with Gasteiger partial charge in [0.15, 0.2) is 0 Å². The van der Waals surface area contributed by atoms with Crippen LogP contribution in [0, 0.1) is 0 Å². The van der Waals surface area contributed by atoms with Crippen LogP contribution in [0.2, 0.25) is 0 Å². The van der Waals surface area contributed by atoms with E-state index in [0.29, 0.717) is 0 Å². The molecule has 0 spiro atoms. The molecule has 0 aliphatic carbocycles. The van der Waals surface area contributed by atoms with Gasteiger partial charge in [0.05, 0.1) is 0 Å². The molecule has 28 valence electrons. The quantitative estimate of drug-likeness (QED) is 0.423. The zero-order valence-corrected chi connectivity index (χ0v) is 8.37. The molecule has 0 aromatic carbocycles. The summed E-state index contributed by atoms with van der Waals surface area (Å²) in [5, 5.41) is 0. The Balaban J connectivity index is -0.00000000500. The van der Waals surface area contributed by atoms with Gasteiger partial charge in [0.25, 0.3) is 0 Å². The predicted octanol–water partition coefficient (Wildman–Crippen LogP) is -0.924. The second-order valence-corrected chi connectivity index (χ2v) is 0. The summed E-state index contributed by atoms with van der Waals surface area (Å²) < 4.78 is 0. The molecule has 0 N–H and O–H groups in total. The third-order valence-corrected chi connectivity index (χ3v) is 0. The van der Waals surface area contributed by atoms with Crippen molar-refractivity contribution in [1.82, 2.24) is 0 Å². The molecule has 0 fully saturated rings. The summed E-state index contributed by atoms with van der Waals surface area (Å²) in [7, 11) is 0. The largest absolute Gasteiger partial charge is 0 e. The molecule has 0 heterocycles. The molecule has 0 saturated carbocycles. The van der Waals surface area contributed by atoms with Crippen molar-refractivity contribution in [3.63, 3.8) is 0 Å². The van der Waals surface area contributed by atoms with Crippen LogP contribution in [0.4, 0.5) is 0 Å². The van der Waals surface area contributed by atoms with Crippen molar-refractivity contribution < 1.29 is 57.4 Å². The van der Waals surface area contributed by atoms with E-state index >= 15 is 0 Å². The van der Waals surface area contributed by atoms with Crippen molar-refractivity contribution in [3.8, 4) is 0 Å². The second kappa shape index (κ2) is 20.3. The van der Waals surface area contributed by atoms with E-state index in [1.165, 1.54) is 0 Å². The van der Waals surface area contributed by atoms with Gasteiger partial charge in [0.2, 0.25) is 0 Å². The van der Waals surface area contributed by atoms with Gasteiger partial charge in [-0.1, -0.05) is 0 Å². The van der Waals surface area contributed by atoms with Gasteiger partial charge in [0.1, 0.15) is 0 Å². The van der Waals surface area contributed by atoms with E-state index in [1.54, 1.807) is 19.0 Å². The second-order valence-electron chi connectivity index (χ2n) is 0. The average molecular weight is 446 g/mol. The Morgan fingerprint density at radius 3 is 1.25 bits per heavy atom. The molecule has 0 aromatic rings. The van der Waals surface area contributed by atoms with Gasteiger partial charge in [-0.3, -0.25) is 0 Å². The van der Waals surface area contributed by atoms with Crippen molar-refractivity contribution in [3.05, 3.63) is 0 Å². The molecular weight excluding hydrogens is 444 g/mol. The summed E-state index contributed by atoms with van der Waals surface area (Å²) in [5.41, 5.74) is 0. The van der Waals surface area contributed by atoms with Gasteiger partial charge >= 0.3 is 25.2 Å². The van der Waals surface area contributed by atoms with Gasteiger partial charge in [-0.2, -0.15) is 0 Å². The number of hydrogen-bond acceptors (Lipinski definition) is 0. The maximum absolute atomic E-state index is 2.06. The third-order valence-electron chi connectivity index (χ3n) is 0. The van der Waals surface area contributed by atoms with E-state index in [0.717, 1.165) is 0 Å². The van der Waals surface area contributed by atoms with Crippen LogP contribution < -0.4 is 0 Å². The standard InChI is InChI=1S/BH2.Cr.Pt.Re/h1H2;;;/q+1;;;-1. The molecule has 0 amide bonds. The molecule has 4 heteroatoms. The molecule has 0 nitrogen and oxygen atoms in total. The monoisotopic (exact) mass is 447 g/mol. The third kappa shape index (κ3) is 9.04. The minimum Gasteiger partial charge on any atom is 0 e. The first-order valence-corrected chi connectivity index (χ1v) is 3.09. The van der Waals surface area contributed by atoms with Crippen molar-refractivity contribution in [2.24, 2.45) is 0 Å². The molecule has 0 aromatic heterocycles. The molecule has 0 radical (unpaired) electrons. The van der Waals surface area contributed by atoms with E-state index in [-0.39, 0.29) is 38.4 Å². The average Bonchev–Trinajstić information content (AvgIpc) is 1.00. The summed E-state index contributed by atoms with van der Waals surface area (Å²) in [6.45, 7) is 0. The Morgan fingerprint density at radius 2 is 1.25 bits per heavy atom. The van der Waals surface area contributed by atoms with Gasteiger partial charge in [-0.05, 0) is 0 Å². The Labute approximate surface area is 63.1 Å². The first-order chi connectivity index (χ1) is 1.00. The van der Waals surface area contributed by atoms with Crippen molar-refractivity contribution in [1.29, 1.82) is 0 Å². The molecular formula is H2BCrPtRe. The van der Waals surface area contributed by atoms with E-state index in [9.17, 15) is 0 Å². The van der Waals surface area contributed by atoms with E-state index in [4.69, 9.17) is 0 Å². The van der Waals surface area contributed by atoms with Crippen molar-refractivity contribution >= 4 is 6.20 Å². The van der Waals surface area contributed by atoms with Crippen LogP contribution >= 0.6 is 0 Å². The van der Waals surface area contributed by atoms with Crippen LogP contribution in [0.15, 0.2) is 0 Å². The summed E-state index contributed by atoms with van der Waals surface area (Å²) in [4.78, 5) is 0. The fourth-order valence-corrected chi connectivity index (χ4v) is 0. The van der Waals surface area contributed by atoms with E-state index in [2.05, 4.69) is 6.20 Å². The topological polar surface area (TPSA) is 0 Å². The van der Waals surface area contributed by atoms with Crippen molar-refractivity contribution in [2.75, 3.05) is 0 Å². The first-order valence-electron chi connectivity index (χ1n) is 0.378. The molecule has 0 unspecified atom stereocenters. The number of rotatable bonds is 0. The summed E-state index contributed by atoms with van der Waals surface area (Å²) >= 11 is 1.72. The maximum Gasteiger partial charge on any atom is 0 e. The summed E-state index contributed by atoms with van der Waals surface area (Å²) in [6.07, 6.45) is 2.06. The Bertz CT molecular complexity index is 8.00. The Hall–Kier alpha value is 1.95. The molecule has 0 atom stereocenters. The Kier molecular flexibility index (Phi) is 85.1. The SMILES string of the molecule is [BH2][Re].[Cr].[Pt]. The van der Waals surface area contributed by atoms with Gasteiger partial charge in [-0.15, -0.1) is 0 Å². The Morgan fingerprint density at radius 1 is 1.25 bits per heavy atom. The minimum atomic E-state index is 0. The van der Waals surface area contributed by atoms with Gasteiger partial charge < -0.3 is 0 Å². The van der Waals surface area contributed by atoms with E-state index in [1.807, 2.05) is 0 Å². The smallest absolute Gasteiger partial charge is 0 e. The molecule has 0 bridgehead atoms. The van der Waals surface area contributed by atoms with Crippen LogP contribution in [0.25, 0.3) is 0 Å². The van der Waals surface area contributed by atoms with E-state index < -0.39 is 0 Å². The number of hydrogen-bond donors (Lipinski definition) is 0. The fraction of sp³-hybridized carbons (Fsp3) is 0. The normalized spacial score (nSPS) is 1.25. The van der Waals surface area contributed by atoms with Crippen LogP contribution in [-0.2, 0) is 57.4 Å². The zero-order valence-electron chi connectivity index (χ0n) is 2.10. The maximum atomic E-state index is 2.06. The molecule has 0 rings (SSSR count). The van der Waals surface area contributed by atoms with Crippen molar-refractivity contribution in [2.45, 2.75) is 0 Å². The van der Waals surface area contributed by atoms with Crippen LogP contribution in [0.3, 0.4) is 0 Å². The van der Waals surface area contributed by atoms with Gasteiger partial charge in [-0.25, -0.2) is 0 Å². The fourth-order valence-electron chi connectivity index (χ4n) is 0. The van der Waals surface area contributed by atoms with Gasteiger partial charge in [0, 0.05) is 38.4 Å². The molecule has 0 aliphatic rings. The van der Waals surface area contributed by atoms with Crippen LogP contribution in [-0.4, -0.2) is 6.20 Å². The molecule has 0 aliphatic heterocycles. The first kappa shape index (κ1) is 16.8. The van der Waals surface area contributed by atoms with Crippen LogP contribution in [0.5, 0.6) is 0 Å². The molecule has 0 saturated heterocycles. The zero-order chi connectivity index (χ0) is 2.00. The summed E-state index contributed by atoms with van der Waals surface area (Å²) in [6, 6.07) is 0. The predicted molar refractivity (Wildman–Crippen MR) is 8.54 cm³/mol. The van der Waals surface area contributed by atoms with Crippen LogP contribution in [0.1, 0.15) is 0 Å². The molecule has 4 heavy (non-hydrogen) atoms. The minimum absolute atomic E-state index is 0.